The van der Waals surface area contributed by atoms with Crippen LogP contribution in [0.15, 0.2) is 24.3 Å². The van der Waals surface area contributed by atoms with Gasteiger partial charge in [0.1, 0.15) is 0 Å². The van der Waals surface area contributed by atoms with E-state index in [4.69, 9.17) is 9.47 Å². The maximum Gasteiger partial charge on any atom is 0.261 e. The number of hydrogen-bond donors (Lipinski definition) is 1. The van der Waals surface area contributed by atoms with Crippen LogP contribution in [0.25, 0.3) is 0 Å². The maximum absolute atomic E-state index is 12.6. The van der Waals surface area contributed by atoms with E-state index in [9.17, 15) is 4.79 Å². The summed E-state index contributed by atoms with van der Waals surface area (Å²) in [6.45, 7) is 7.05. The topological polar surface area (TPSA) is 47.6 Å². The summed E-state index contributed by atoms with van der Waals surface area (Å²) in [5.74, 6) is 1.46. The molecule has 2 aromatic rings. The molecule has 0 fully saturated rings. The highest BCUT2D eigenvalue weighted by atomic mass is 32.1. The molecule has 0 saturated heterocycles. The summed E-state index contributed by atoms with van der Waals surface area (Å²) in [4.78, 5) is 14.7. The van der Waals surface area contributed by atoms with E-state index < -0.39 is 0 Å². The van der Waals surface area contributed by atoms with Crippen LogP contribution in [0, 0.1) is 0 Å². The van der Waals surface area contributed by atoms with E-state index in [0.29, 0.717) is 13.2 Å². The van der Waals surface area contributed by atoms with Gasteiger partial charge in [-0.25, -0.2) is 0 Å². The Morgan fingerprint density at radius 1 is 1.16 bits per heavy atom. The normalized spacial score (nSPS) is 14.0. The Morgan fingerprint density at radius 2 is 1.92 bits per heavy atom. The van der Waals surface area contributed by atoms with Gasteiger partial charge in [0.05, 0.1) is 24.1 Å². The van der Waals surface area contributed by atoms with Crippen LogP contribution >= 0.6 is 11.3 Å². The molecule has 5 heteroatoms. The number of rotatable bonds is 7. The Morgan fingerprint density at radius 3 is 2.64 bits per heavy atom. The number of aryl methyl sites for hydroxylation is 2. The monoisotopic (exact) mass is 359 g/mol. The molecule has 1 aromatic heterocycles. The van der Waals surface area contributed by atoms with Crippen LogP contribution < -0.4 is 14.8 Å². The molecule has 0 aliphatic heterocycles. The van der Waals surface area contributed by atoms with Crippen molar-refractivity contribution >= 4 is 17.2 Å². The van der Waals surface area contributed by atoms with E-state index in [2.05, 4.69) is 11.4 Å². The van der Waals surface area contributed by atoms with Crippen LogP contribution in [0.4, 0.5) is 0 Å². The van der Waals surface area contributed by atoms with Crippen LogP contribution in [-0.4, -0.2) is 19.1 Å². The van der Waals surface area contributed by atoms with E-state index in [1.54, 1.807) is 11.3 Å². The molecule has 0 bridgehead atoms. The minimum Gasteiger partial charge on any atom is -0.490 e. The maximum atomic E-state index is 12.6. The number of benzene rings is 1. The highest BCUT2D eigenvalue weighted by Crippen LogP contribution is 2.32. The molecule has 1 unspecified atom stereocenters. The third kappa shape index (κ3) is 3.98. The fourth-order valence-corrected chi connectivity index (χ4v) is 4.29. The molecule has 0 saturated carbocycles. The summed E-state index contributed by atoms with van der Waals surface area (Å²) in [6, 6.07) is 7.80. The third-order valence-corrected chi connectivity index (χ3v) is 5.62. The van der Waals surface area contributed by atoms with Crippen LogP contribution in [-0.2, 0) is 12.8 Å². The highest BCUT2D eigenvalue weighted by molar-refractivity contribution is 7.14. The van der Waals surface area contributed by atoms with Gasteiger partial charge >= 0.3 is 0 Å². The number of carbonyl (C=O) groups is 1. The second kappa shape index (κ2) is 7.91. The zero-order valence-corrected chi connectivity index (χ0v) is 15.9. The van der Waals surface area contributed by atoms with Gasteiger partial charge in [-0.05, 0) is 69.4 Å². The zero-order chi connectivity index (χ0) is 17.8. The molecule has 1 aliphatic carbocycles. The van der Waals surface area contributed by atoms with E-state index in [1.807, 2.05) is 39.0 Å². The number of nitrogens with one attached hydrogen (secondary N) is 1. The van der Waals surface area contributed by atoms with Gasteiger partial charge in [-0.2, -0.15) is 0 Å². The highest BCUT2D eigenvalue weighted by Gasteiger charge is 2.20. The smallest absolute Gasteiger partial charge is 0.261 e. The predicted octanol–water partition coefficient (Wildman–Crippen LogP) is 4.53. The van der Waals surface area contributed by atoms with Crippen molar-refractivity contribution in [2.45, 2.75) is 46.1 Å². The van der Waals surface area contributed by atoms with Crippen LogP contribution in [0.1, 0.15) is 58.9 Å². The first-order chi connectivity index (χ1) is 12.1. The zero-order valence-electron chi connectivity index (χ0n) is 15.1. The second-order valence-electron chi connectivity index (χ2n) is 6.18. The molecule has 1 heterocycles. The van der Waals surface area contributed by atoms with E-state index in [1.165, 1.54) is 16.9 Å². The van der Waals surface area contributed by atoms with Gasteiger partial charge < -0.3 is 14.8 Å². The molecular weight excluding hydrogens is 334 g/mol. The number of thiophene rings is 1. The molecule has 0 spiro atoms. The average Bonchev–Trinajstić information content (AvgIpc) is 3.18. The molecule has 4 nitrogen and oxygen atoms in total. The van der Waals surface area contributed by atoms with Crippen molar-refractivity contribution < 1.29 is 14.3 Å². The van der Waals surface area contributed by atoms with E-state index in [-0.39, 0.29) is 11.9 Å². The average molecular weight is 359 g/mol. The molecule has 3 rings (SSSR count). The largest absolute Gasteiger partial charge is 0.490 e. The molecular formula is C20H25NO3S. The van der Waals surface area contributed by atoms with Gasteiger partial charge in [-0.3, -0.25) is 4.79 Å². The van der Waals surface area contributed by atoms with Crippen LogP contribution in [0.5, 0.6) is 11.5 Å². The van der Waals surface area contributed by atoms with E-state index >= 15 is 0 Å². The van der Waals surface area contributed by atoms with Crippen molar-refractivity contribution in [3.05, 3.63) is 45.1 Å². The molecule has 1 atom stereocenters. The van der Waals surface area contributed by atoms with Crippen LogP contribution in [0.2, 0.25) is 0 Å². The van der Waals surface area contributed by atoms with Crippen molar-refractivity contribution in [2.24, 2.45) is 0 Å². The second-order valence-corrected chi connectivity index (χ2v) is 7.32. The number of fused-ring (bicyclic) bond motifs is 1. The molecule has 25 heavy (non-hydrogen) atoms. The standard InChI is InChI=1S/C20H25NO3S/c1-4-23-16-10-9-14(11-17(16)24-5-2)13(3)21-20(22)19-12-15-7-6-8-18(15)25-19/h9-13H,4-8H2,1-3H3,(H,21,22). The summed E-state index contributed by atoms with van der Waals surface area (Å²) in [6.07, 6.45) is 3.43. The van der Waals surface area contributed by atoms with Crippen molar-refractivity contribution in [1.29, 1.82) is 0 Å². The van der Waals surface area contributed by atoms with Crippen molar-refractivity contribution in [1.82, 2.24) is 5.32 Å². The summed E-state index contributed by atoms with van der Waals surface area (Å²) in [7, 11) is 0. The SMILES string of the molecule is CCOc1ccc(C(C)NC(=O)c2cc3c(s2)CCC3)cc1OCC. The van der Waals surface area contributed by atoms with Gasteiger partial charge in [0.2, 0.25) is 0 Å². The lowest BCUT2D eigenvalue weighted by molar-refractivity contribution is 0.0944. The minimum atomic E-state index is -0.0978. The van der Waals surface area contributed by atoms with Gasteiger partial charge in [-0.15, -0.1) is 11.3 Å². The molecule has 1 amide bonds. The Balaban J connectivity index is 1.72. The summed E-state index contributed by atoms with van der Waals surface area (Å²) in [5, 5.41) is 3.10. The van der Waals surface area contributed by atoms with E-state index in [0.717, 1.165) is 34.8 Å². The third-order valence-electron chi connectivity index (χ3n) is 4.39. The first-order valence-electron chi connectivity index (χ1n) is 8.94. The Kier molecular flexibility index (Phi) is 5.63. The number of carbonyl (C=O) groups excluding carboxylic acids is 1. The summed E-state index contributed by atoms with van der Waals surface area (Å²) < 4.78 is 11.3. The Bertz CT molecular complexity index is 732. The number of ether oxygens (including phenoxy) is 2. The summed E-state index contributed by atoms with van der Waals surface area (Å²) in [5.41, 5.74) is 2.35. The van der Waals surface area contributed by atoms with Gasteiger partial charge in [-0.1, -0.05) is 6.07 Å². The lowest BCUT2D eigenvalue weighted by Gasteiger charge is -2.17. The van der Waals surface area contributed by atoms with Gasteiger partial charge in [0.25, 0.3) is 5.91 Å². The molecule has 1 aromatic carbocycles. The fraction of sp³-hybridized carbons (Fsp3) is 0.450. The lowest BCUT2D eigenvalue weighted by atomic mass is 10.1. The number of amides is 1. The Labute approximate surface area is 153 Å². The minimum absolute atomic E-state index is 0.00116. The molecule has 134 valence electrons. The van der Waals surface area contributed by atoms with Crippen molar-refractivity contribution in [3.8, 4) is 11.5 Å². The first-order valence-corrected chi connectivity index (χ1v) is 9.76. The quantitative estimate of drug-likeness (QED) is 0.790. The van der Waals surface area contributed by atoms with Crippen molar-refractivity contribution in [3.63, 3.8) is 0 Å². The molecule has 1 N–H and O–H groups in total. The fourth-order valence-electron chi connectivity index (χ4n) is 3.13. The summed E-state index contributed by atoms with van der Waals surface area (Å²) >= 11 is 1.63. The van der Waals surface area contributed by atoms with Crippen LogP contribution in [0.3, 0.4) is 0 Å². The molecule has 1 aliphatic rings. The predicted molar refractivity (Wildman–Crippen MR) is 101 cm³/mol. The van der Waals surface area contributed by atoms with Crippen molar-refractivity contribution in [2.75, 3.05) is 13.2 Å². The Hall–Kier alpha value is -2.01. The molecule has 0 radical (unpaired) electrons. The first kappa shape index (κ1) is 17.8. The number of hydrogen-bond acceptors (Lipinski definition) is 4. The van der Waals surface area contributed by atoms with Gasteiger partial charge in [0.15, 0.2) is 11.5 Å². The van der Waals surface area contributed by atoms with Gasteiger partial charge in [0, 0.05) is 4.88 Å². The lowest BCUT2D eigenvalue weighted by Crippen LogP contribution is -2.26.